The third-order valence-electron chi connectivity index (χ3n) is 4.20. The minimum atomic E-state index is -3.94. The van der Waals surface area contributed by atoms with Crippen LogP contribution in [0, 0.1) is 17.2 Å². The third kappa shape index (κ3) is 6.14. The monoisotopic (exact) mass is 429 g/mol. The first-order valence-electron chi connectivity index (χ1n) is 9.23. The molecule has 0 aromatic heterocycles. The van der Waals surface area contributed by atoms with Crippen LogP contribution in [0.25, 0.3) is 0 Å². The van der Waals surface area contributed by atoms with E-state index >= 15 is 0 Å². The maximum absolute atomic E-state index is 12.6. The van der Waals surface area contributed by atoms with Gasteiger partial charge in [-0.1, -0.05) is 32.0 Å². The number of hydrogen-bond donors (Lipinski definition) is 2. The summed E-state index contributed by atoms with van der Waals surface area (Å²) in [6.45, 7) is 4.72. The fourth-order valence-electron chi connectivity index (χ4n) is 2.46. The van der Waals surface area contributed by atoms with Crippen LogP contribution in [0.5, 0.6) is 0 Å². The second-order valence-corrected chi connectivity index (χ2v) is 8.63. The molecule has 2 aromatic rings. The molecule has 2 rings (SSSR count). The topological polar surface area (TPSA) is 125 Å². The number of carbonyl (C=O) groups excluding carboxylic acids is 2. The predicted octanol–water partition coefficient (Wildman–Crippen LogP) is 2.43. The zero-order valence-corrected chi connectivity index (χ0v) is 17.6. The van der Waals surface area contributed by atoms with Gasteiger partial charge in [0.25, 0.3) is 5.91 Å². The first-order valence-corrected chi connectivity index (χ1v) is 10.7. The Balaban J connectivity index is 2.04. The number of hydrogen-bond acceptors (Lipinski definition) is 6. The molecule has 0 spiro atoms. The van der Waals surface area contributed by atoms with Gasteiger partial charge in [-0.05, 0) is 49.2 Å². The van der Waals surface area contributed by atoms with E-state index in [1.54, 1.807) is 56.3 Å². The van der Waals surface area contributed by atoms with Gasteiger partial charge in [0.15, 0.2) is 6.10 Å². The van der Waals surface area contributed by atoms with E-state index in [2.05, 4.69) is 10.0 Å². The number of nitrogens with zero attached hydrogens (tertiary/aromatic N) is 1. The fourth-order valence-corrected chi connectivity index (χ4v) is 3.82. The highest BCUT2D eigenvalue weighted by Gasteiger charge is 2.31. The molecular formula is C21H23N3O5S. The van der Waals surface area contributed by atoms with E-state index in [0.717, 1.165) is 0 Å². The Morgan fingerprint density at radius 2 is 1.60 bits per heavy atom. The fraction of sp³-hybridized carbons (Fsp3) is 0.286. The van der Waals surface area contributed by atoms with Crippen LogP contribution in [0.1, 0.15) is 26.3 Å². The number of esters is 1. The summed E-state index contributed by atoms with van der Waals surface area (Å²) in [6.07, 6.45) is -1.16. The van der Waals surface area contributed by atoms with Gasteiger partial charge in [0.1, 0.15) is 6.04 Å². The Morgan fingerprint density at radius 1 is 1.00 bits per heavy atom. The highest BCUT2D eigenvalue weighted by atomic mass is 32.2. The number of carbonyl (C=O) groups is 2. The van der Waals surface area contributed by atoms with Gasteiger partial charge in [-0.2, -0.15) is 9.98 Å². The number of amides is 1. The lowest BCUT2D eigenvalue weighted by Crippen LogP contribution is -2.47. The number of anilines is 1. The van der Waals surface area contributed by atoms with Gasteiger partial charge in [0.2, 0.25) is 10.0 Å². The zero-order valence-electron chi connectivity index (χ0n) is 16.8. The van der Waals surface area contributed by atoms with E-state index < -0.39 is 40.0 Å². The smallest absolute Gasteiger partial charge is 0.325 e. The summed E-state index contributed by atoms with van der Waals surface area (Å²) in [6, 6.07) is 14.7. The van der Waals surface area contributed by atoms with Gasteiger partial charge in [-0.15, -0.1) is 0 Å². The number of benzene rings is 2. The van der Waals surface area contributed by atoms with E-state index in [4.69, 9.17) is 10.00 Å². The van der Waals surface area contributed by atoms with Crippen molar-refractivity contribution < 1.29 is 22.7 Å². The standard InChI is InChI=1S/C21H23N3O5S/c1-14(2)19(24-30(27,28)18-7-5-4-6-8-18)21(26)29-15(3)20(25)23-17-11-9-16(13-22)10-12-17/h4-12,14-15,19,24H,1-3H3,(H,23,25)/t15-,19-/m1/s1. The number of ether oxygens (including phenoxy) is 1. The van der Waals surface area contributed by atoms with Gasteiger partial charge >= 0.3 is 5.97 Å². The minimum absolute atomic E-state index is 0.0232. The molecule has 2 N–H and O–H groups in total. The summed E-state index contributed by atoms with van der Waals surface area (Å²) in [5.41, 5.74) is 0.880. The van der Waals surface area contributed by atoms with Gasteiger partial charge < -0.3 is 10.1 Å². The van der Waals surface area contributed by atoms with Gasteiger partial charge in [-0.25, -0.2) is 8.42 Å². The summed E-state index contributed by atoms with van der Waals surface area (Å²) < 4.78 is 32.6. The van der Waals surface area contributed by atoms with Crippen molar-refractivity contribution in [1.29, 1.82) is 5.26 Å². The van der Waals surface area contributed by atoms with Crippen molar-refractivity contribution >= 4 is 27.6 Å². The second kappa shape index (κ2) is 10.0. The molecule has 0 aliphatic rings. The lowest BCUT2D eigenvalue weighted by atomic mass is 10.1. The molecule has 0 saturated carbocycles. The molecule has 2 atom stereocenters. The van der Waals surface area contributed by atoms with Crippen LogP contribution in [0.2, 0.25) is 0 Å². The highest BCUT2D eigenvalue weighted by Crippen LogP contribution is 2.14. The Bertz CT molecular complexity index is 1030. The number of nitrogens with one attached hydrogen (secondary N) is 2. The first kappa shape index (κ1) is 23.1. The maximum atomic E-state index is 12.6. The average Bonchev–Trinajstić information content (AvgIpc) is 2.72. The van der Waals surface area contributed by atoms with Gasteiger partial charge in [0, 0.05) is 5.69 Å². The van der Waals surface area contributed by atoms with Crippen molar-refractivity contribution in [2.45, 2.75) is 37.8 Å². The molecule has 0 heterocycles. The Hall–Kier alpha value is -3.22. The van der Waals surface area contributed by atoms with Crippen molar-refractivity contribution in [3.8, 4) is 6.07 Å². The minimum Gasteiger partial charge on any atom is -0.451 e. The molecule has 2 aromatic carbocycles. The summed E-state index contributed by atoms with van der Waals surface area (Å²) >= 11 is 0. The second-order valence-electron chi connectivity index (χ2n) is 6.91. The third-order valence-corrected chi connectivity index (χ3v) is 5.66. The van der Waals surface area contributed by atoms with Crippen molar-refractivity contribution in [1.82, 2.24) is 4.72 Å². The zero-order chi connectivity index (χ0) is 22.3. The number of nitriles is 1. The lowest BCUT2D eigenvalue weighted by molar-refractivity contribution is -0.155. The summed E-state index contributed by atoms with van der Waals surface area (Å²) in [5.74, 6) is -1.85. The van der Waals surface area contributed by atoms with Crippen molar-refractivity contribution in [2.24, 2.45) is 5.92 Å². The largest absolute Gasteiger partial charge is 0.451 e. The molecule has 0 saturated heterocycles. The van der Waals surface area contributed by atoms with Crippen LogP contribution in [0.15, 0.2) is 59.5 Å². The lowest BCUT2D eigenvalue weighted by Gasteiger charge is -2.23. The molecule has 158 valence electrons. The summed E-state index contributed by atoms with van der Waals surface area (Å²) in [7, 11) is -3.94. The molecular weight excluding hydrogens is 406 g/mol. The van der Waals surface area contributed by atoms with Gasteiger partial charge in [0.05, 0.1) is 16.5 Å². The van der Waals surface area contributed by atoms with E-state index in [-0.39, 0.29) is 4.90 Å². The number of rotatable bonds is 8. The van der Waals surface area contributed by atoms with Crippen LogP contribution in [-0.4, -0.2) is 32.4 Å². The van der Waals surface area contributed by atoms with Crippen molar-refractivity contribution in [3.63, 3.8) is 0 Å². The molecule has 0 bridgehead atoms. The quantitative estimate of drug-likeness (QED) is 0.621. The Kier molecular flexibility index (Phi) is 7.69. The Labute approximate surface area is 175 Å². The molecule has 0 radical (unpaired) electrons. The molecule has 0 aliphatic carbocycles. The van der Waals surface area contributed by atoms with E-state index in [1.165, 1.54) is 19.1 Å². The predicted molar refractivity (Wildman–Crippen MR) is 111 cm³/mol. The van der Waals surface area contributed by atoms with Crippen molar-refractivity contribution in [2.75, 3.05) is 5.32 Å². The van der Waals surface area contributed by atoms with Crippen LogP contribution in [0.4, 0.5) is 5.69 Å². The molecule has 0 fully saturated rings. The summed E-state index contributed by atoms with van der Waals surface area (Å²) in [5, 5.41) is 11.4. The van der Waals surface area contributed by atoms with E-state index in [0.29, 0.717) is 11.3 Å². The van der Waals surface area contributed by atoms with E-state index in [1.807, 2.05) is 6.07 Å². The SMILES string of the molecule is CC(C)[C@@H](NS(=O)(=O)c1ccccc1)C(=O)O[C@H](C)C(=O)Nc1ccc(C#N)cc1. The van der Waals surface area contributed by atoms with Crippen molar-refractivity contribution in [3.05, 3.63) is 60.2 Å². The van der Waals surface area contributed by atoms with Crippen LogP contribution >= 0.6 is 0 Å². The normalized spacial score (nSPS) is 13.2. The Morgan fingerprint density at radius 3 is 2.13 bits per heavy atom. The molecule has 0 aliphatic heterocycles. The molecule has 30 heavy (non-hydrogen) atoms. The van der Waals surface area contributed by atoms with Crippen LogP contribution < -0.4 is 10.0 Å². The molecule has 1 amide bonds. The molecule has 8 nitrogen and oxygen atoms in total. The molecule has 0 unspecified atom stereocenters. The van der Waals surface area contributed by atoms with E-state index in [9.17, 15) is 18.0 Å². The maximum Gasteiger partial charge on any atom is 0.325 e. The first-order chi connectivity index (χ1) is 14.1. The molecule has 9 heteroatoms. The highest BCUT2D eigenvalue weighted by molar-refractivity contribution is 7.89. The van der Waals surface area contributed by atoms with Crippen LogP contribution in [-0.2, 0) is 24.3 Å². The van der Waals surface area contributed by atoms with Crippen LogP contribution in [0.3, 0.4) is 0 Å². The van der Waals surface area contributed by atoms with Gasteiger partial charge in [-0.3, -0.25) is 9.59 Å². The summed E-state index contributed by atoms with van der Waals surface area (Å²) in [4.78, 5) is 24.9. The average molecular weight is 429 g/mol. The number of sulfonamides is 1.